The third-order valence-electron chi connectivity index (χ3n) is 6.47. The topological polar surface area (TPSA) is 69.7 Å². The van der Waals surface area contributed by atoms with E-state index in [-0.39, 0.29) is 11.1 Å². The minimum atomic E-state index is -0.737. The average Bonchev–Trinajstić information content (AvgIpc) is 2.72. The molecule has 2 aliphatic rings. The van der Waals surface area contributed by atoms with Gasteiger partial charge in [-0.2, -0.15) is 0 Å². The SMILES string of the molecule is CC1=CC(C)(C)N(C)c2ccc(/C=C3/C(=O)NC(=O)N(c4cccc(C)c4C)C3=O)cc21. The maximum absolute atomic E-state index is 13.3. The van der Waals surface area contributed by atoms with Crippen molar-refractivity contribution in [2.24, 2.45) is 0 Å². The van der Waals surface area contributed by atoms with Crippen LogP contribution in [0.1, 0.15) is 43.0 Å². The molecule has 1 N–H and O–H groups in total. The molecule has 164 valence electrons. The number of amides is 4. The molecule has 6 heteroatoms. The van der Waals surface area contributed by atoms with Crippen molar-refractivity contribution in [2.45, 2.75) is 40.2 Å². The van der Waals surface area contributed by atoms with E-state index in [0.29, 0.717) is 5.69 Å². The minimum Gasteiger partial charge on any atom is -0.366 e. The molecule has 0 spiro atoms. The standard InChI is InChI=1S/C26H27N3O3/c1-15-8-7-9-21(17(15)3)29-24(31)20(23(30)27-25(29)32)13-18-10-11-22-19(12-18)16(2)14-26(4,5)28(22)6/h7-14H,1-6H3,(H,27,30,32)/b20-13-. The van der Waals surface area contributed by atoms with Gasteiger partial charge < -0.3 is 4.90 Å². The molecule has 0 radical (unpaired) electrons. The highest BCUT2D eigenvalue weighted by molar-refractivity contribution is 6.39. The number of urea groups is 1. The largest absolute Gasteiger partial charge is 0.366 e. The van der Waals surface area contributed by atoms with Crippen molar-refractivity contribution in [3.63, 3.8) is 0 Å². The number of imide groups is 2. The molecule has 2 aromatic rings. The van der Waals surface area contributed by atoms with Gasteiger partial charge in [0.15, 0.2) is 0 Å². The van der Waals surface area contributed by atoms with Crippen LogP contribution in [0.2, 0.25) is 0 Å². The van der Waals surface area contributed by atoms with Crippen LogP contribution in [-0.4, -0.2) is 30.4 Å². The number of hydrogen-bond acceptors (Lipinski definition) is 4. The molecule has 2 aliphatic heterocycles. The molecule has 32 heavy (non-hydrogen) atoms. The lowest BCUT2D eigenvalue weighted by atomic mass is 9.88. The van der Waals surface area contributed by atoms with Gasteiger partial charge in [0.2, 0.25) is 0 Å². The van der Waals surface area contributed by atoms with Gasteiger partial charge in [-0.15, -0.1) is 0 Å². The van der Waals surface area contributed by atoms with Crippen LogP contribution in [0.3, 0.4) is 0 Å². The summed E-state index contributed by atoms with van der Waals surface area (Å²) >= 11 is 0. The Hall–Kier alpha value is -3.67. The number of barbiturate groups is 1. The Bertz CT molecular complexity index is 1240. The van der Waals surface area contributed by atoms with Crippen molar-refractivity contribution in [1.82, 2.24) is 5.32 Å². The van der Waals surface area contributed by atoms with Crippen LogP contribution in [-0.2, 0) is 9.59 Å². The van der Waals surface area contributed by atoms with E-state index in [4.69, 9.17) is 0 Å². The predicted molar refractivity (Wildman–Crippen MR) is 127 cm³/mol. The number of likely N-dealkylation sites (N-methyl/N-ethyl adjacent to an activating group) is 1. The predicted octanol–water partition coefficient (Wildman–Crippen LogP) is 4.60. The highest BCUT2D eigenvalue weighted by atomic mass is 16.2. The highest BCUT2D eigenvalue weighted by Gasteiger charge is 2.37. The Morgan fingerprint density at radius 3 is 2.41 bits per heavy atom. The smallest absolute Gasteiger partial charge is 0.335 e. The fraction of sp³-hybridized carbons (Fsp3) is 0.269. The Labute approximate surface area is 188 Å². The Morgan fingerprint density at radius 1 is 0.969 bits per heavy atom. The molecule has 0 bridgehead atoms. The molecule has 6 nitrogen and oxygen atoms in total. The summed E-state index contributed by atoms with van der Waals surface area (Å²) in [6, 6.07) is 10.5. The third-order valence-corrected chi connectivity index (χ3v) is 6.47. The molecule has 0 aromatic heterocycles. The molecule has 0 unspecified atom stereocenters. The van der Waals surface area contributed by atoms with Gasteiger partial charge in [-0.3, -0.25) is 14.9 Å². The van der Waals surface area contributed by atoms with E-state index in [0.717, 1.165) is 38.4 Å². The number of fused-ring (bicyclic) bond motifs is 1. The fourth-order valence-electron chi connectivity index (χ4n) is 4.29. The summed E-state index contributed by atoms with van der Waals surface area (Å²) < 4.78 is 0. The molecule has 0 saturated carbocycles. The van der Waals surface area contributed by atoms with Crippen LogP contribution >= 0.6 is 0 Å². The molecule has 4 rings (SSSR count). The summed E-state index contributed by atoms with van der Waals surface area (Å²) in [6.07, 6.45) is 3.75. The van der Waals surface area contributed by atoms with Crippen molar-refractivity contribution in [2.75, 3.05) is 16.8 Å². The molecular formula is C26H27N3O3. The van der Waals surface area contributed by atoms with Crippen LogP contribution < -0.4 is 15.1 Å². The van der Waals surface area contributed by atoms with Gasteiger partial charge in [0.25, 0.3) is 11.8 Å². The first-order valence-corrected chi connectivity index (χ1v) is 10.6. The summed E-state index contributed by atoms with van der Waals surface area (Å²) in [5.41, 5.74) is 6.04. The summed E-state index contributed by atoms with van der Waals surface area (Å²) in [5.74, 6) is -1.32. The Balaban J connectivity index is 1.76. The number of benzene rings is 2. The maximum Gasteiger partial charge on any atom is 0.335 e. The fourth-order valence-corrected chi connectivity index (χ4v) is 4.29. The summed E-state index contributed by atoms with van der Waals surface area (Å²) in [4.78, 5) is 41.6. The van der Waals surface area contributed by atoms with E-state index in [1.165, 1.54) is 0 Å². The first-order chi connectivity index (χ1) is 15.0. The van der Waals surface area contributed by atoms with Gasteiger partial charge in [-0.05, 0) is 81.2 Å². The van der Waals surface area contributed by atoms with Crippen molar-refractivity contribution in [3.8, 4) is 0 Å². The molecule has 4 amide bonds. The first kappa shape index (κ1) is 21.6. The number of nitrogens with one attached hydrogen (secondary N) is 1. The number of nitrogens with zero attached hydrogens (tertiary/aromatic N) is 2. The van der Waals surface area contributed by atoms with Crippen LogP contribution in [0.4, 0.5) is 16.2 Å². The minimum absolute atomic E-state index is 0.0726. The van der Waals surface area contributed by atoms with E-state index in [2.05, 4.69) is 37.1 Å². The van der Waals surface area contributed by atoms with Crippen molar-refractivity contribution < 1.29 is 14.4 Å². The number of anilines is 2. The van der Waals surface area contributed by atoms with E-state index < -0.39 is 17.8 Å². The second-order valence-electron chi connectivity index (χ2n) is 8.99. The van der Waals surface area contributed by atoms with Gasteiger partial charge >= 0.3 is 6.03 Å². The van der Waals surface area contributed by atoms with Gasteiger partial charge in [0.05, 0.1) is 11.2 Å². The number of rotatable bonds is 2. The first-order valence-electron chi connectivity index (χ1n) is 10.6. The molecular weight excluding hydrogens is 402 g/mol. The molecule has 2 aromatic carbocycles. The average molecular weight is 430 g/mol. The number of carbonyl (C=O) groups excluding carboxylic acids is 3. The van der Waals surface area contributed by atoms with Gasteiger partial charge in [-0.1, -0.05) is 24.3 Å². The Kier molecular flexibility index (Phi) is 5.04. The second-order valence-corrected chi connectivity index (χ2v) is 8.99. The van der Waals surface area contributed by atoms with E-state index in [1.807, 2.05) is 45.2 Å². The van der Waals surface area contributed by atoms with Crippen molar-refractivity contribution in [3.05, 3.63) is 70.3 Å². The molecule has 2 heterocycles. The number of allylic oxidation sites excluding steroid dienone is 1. The van der Waals surface area contributed by atoms with Crippen LogP contribution in [0, 0.1) is 13.8 Å². The summed E-state index contributed by atoms with van der Waals surface area (Å²) in [6.45, 7) is 10.1. The van der Waals surface area contributed by atoms with Crippen molar-refractivity contribution in [1.29, 1.82) is 0 Å². The Morgan fingerprint density at radius 2 is 1.69 bits per heavy atom. The van der Waals surface area contributed by atoms with Gasteiger partial charge in [0.1, 0.15) is 5.57 Å². The molecule has 1 saturated heterocycles. The quantitative estimate of drug-likeness (QED) is 0.559. The van der Waals surface area contributed by atoms with Crippen molar-refractivity contribution >= 4 is 40.9 Å². The maximum atomic E-state index is 13.3. The third kappa shape index (κ3) is 3.42. The van der Waals surface area contributed by atoms with Gasteiger partial charge in [0, 0.05) is 18.3 Å². The van der Waals surface area contributed by atoms with E-state index in [1.54, 1.807) is 18.2 Å². The molecule has 0 aliphatic carbocycles. The zero-order valence-electron chi connectivity index (χ0n) is 19.2. The van der Waals surface area contributed by atoms with Gasteiger partial charge in [-0.25, -0.2) is 9.69 Å². The second kappa shape index (κ2) is 7.48. The molecule has 1 fully saturated rings. The summed E-state index contributed by atoms with van der Waals surface area (Å²) in [7, 11) is 2.05. The van der Waals surface area contributed by atoms with Crippen LogP contribution in [0.5, 0.6) is 0 Å². The lowest BCUT2D eigenvalue weighted by Gasteiger charge is -2.40. The molecule has 0 atom stereocenters. The number of hydrogen-bond donors (Lipinski definition) is 1. The van der Waals surface area contributed by atoms with E-state index in [9.17, 15) is 14.4 Å². The normalized spacial score (nSPS) is 19.1. The van der Waals surface area contributed by atoms with E-state index >= 15 is 0 Å². The lowest BCUT2D eigenvalue weighted by molar-refractivity contribution is -0.122. The zero-order chi connectivity index (χ0) is 23.4. The van der Waals surface area contributed by atoms with Crippen LogP contribution in [0.25, 0.3) is 11.6 Å². The zero-order valence-corrected chi connectivity index (χ0v) is 19.2. The number of carbonyl (C=O) groups is 3. The lowest BCUT2D eigenvalue weighted by Crippen LogP contribution is -2.54. The summed E-state index contributed by atoms with van der Waals surface area (Å²) in [5, 5.41) is 2.30. The monoisotopic (exact) mass is 429 g/mol. The highest BCUT2D eigenvalue weighted by Crippen LogP contribution is 2.38. The number of aryl methyl sites for hydroxylation is 1. The van der Waals surface area contributed by atoms with Crippen LogP contribution in [0.15, 0.2) is 48.0 Å².